The molecule has 130 valence electrons. The van der Waals surface area contributed by atoms with Crippen molar-refractivity contribution in [1.82, 2.24) is 4.98 Å². The van der Waals surface area contributed by atoms with Gasteiger partial charge in [-0.2, -0.15) is 0 Å². The lowest BCUT2D eigenvalue weighted by atomic mass is 10.1. The molecule has 0 aliphatic carbocycles. The highest BCUT2D eigenvalue weighted by atomic mass is 35.5. The van der Waals surface area contributed by atoms with Gasteiger partial charge in [-0.25, -0.2) is 9.78 Å². The predicted molar refractivity (Wildman–Crippen MR) is 105 cm³/mol. The third kappa shape index (κ3) is 3.00. The van der Waals surface area contributed by atoms with Crippen molar-refractivity contribution in [1.29, 1.82) is 0 Å². The zero-order valence-corrected chi connectivity index (χ0v) is 15.4. The average molecular weight is 384 g/mol. The van der Waals surface area contributed by atoms with Crippen LogP contribution in [0.3, 0.4) is 0 Å². The van der Waals surface area contributed by atoms with E-state index in [9.17, 15) is 9.90 Å². The van der Waals surface area contributed by atoms with Gasteiger partial charge in [0, 0.05) is 26.9 Å². The number of aromatic hydroxyl groups is 1. The van der Waals surface area contributed by atoms with Crippen molar-refractivity contribution in [3.63, 3.8) is 0 Å². The van der Waals surface area contributed by atoms with E-state index >= 15 is 0 Å². The zero-order valence-electron chi connectivity index (χ0n) is 13.8. The molecule has 0 aliphatic heterocycles. The lowest BCUT2D eigenvalue weighted by Gasteiger charge is -2.01. The molecule has 26 heavy (non-hydrogen) atoms. The number of aryl methyl sites for hydroxylation is 1. The highest BCUT2D eigenvalue weighted by molar-refractivity contribution is 7.15. The normalized spacial score (nSPS) is 11.2. The van der Waals surface area contributed by atoms with Gasteiger partial charge in [0.2, 0.25) is 0 Å². The molecule has 1 N–H and O–H groups in total. The number of nitrogens with zero attached hydrogens (tertiary/aromatic N) is 1. The van der Waals surface area contributed by atoms with Crippen LogP contribution >= 0.6 is 22.9 Å². The van der Waals surface area contributed by atoms with E-state index in [4.69, 9.17) is 21.0 Å². The fourth-order valence-corrected chi connectivity index (χ4v) is 3.94. The van der Waals surface area contributed by atoms with E-state index in [2.05, 4.69) is 6.92 Å². The highest BCUT2D eigenvalue weighted by Crippen LogP contribution is 2.34. The first kappa shape index (κ1) is 16.8. The second kappa shape index (κ2) is 6.59. The molecule has 0 bridgehead atoms. The van der Waals surface area contributed by atoms with E-state index in [0.29, 0.717) is 21.2 Å². The van der Waals surface area contributed by atoms with Gasteiger partial charge in [0.15, 0.2) is 0 Å². The van der Waals surface area contributed by atoms with Crippen LogP contribution in [0.15, 0.2) is 57.7 Å². The molecular weight excluding hydrogens is 370 g/mol. The summed E-state index contributed by atoms with van der Waals surface area (Å²) in [5.41, 5.74) is 2.12. The second-order valence-corrected chi connectivity index (χ2v) is 7.34. The van der Waals surface area contributed by atoms with Crippen LogP contribution in [0.25, 0.3) is 32.8 Å². The Kier molecular flexibility index (Phi) is 4.26. The predicted octanol–water partition coefficient (Wildman–Crippen LogP) is 5.50. The van der Waals surface area contributed by atoms with Crippen LogP contribution in [0.2, 0.25) is 5.02 Å². The Morgan fingerprint density at radius 3 is 2.65 bits per heavy atom. The molecule has 6 heteroatoms. The summed E-state index contributed by atoms with van der Waals surface area (Å²) in [5.74, 6) is 0.0564. The maximum Gasteiger partial charge on any atom is 0.346 e. The fraction of sp³-hybridized carbons (Fsp3) is 0.100. The summed E-state index contributed by atoms with van der Waals surface area (Å²) in [6.07, 6.45) is 0.808. The molecular formula is C20H14ClNO3S. The van der Waals surface area contributed by atoms with Crippen LogP contribution in [-0.2, 0) is 6.42 Å². The number of aromatic nitrogens is 1. The van der Waals surface area contributed by atoms with Crippen LogP contribution < -0.4 is 5.63 Å². The first-order valence-corrected chi connectivity index (χ1v) is 9.27. The van der Waals surface area contributed by atoms with Crippen LogP contribution in [-0.4, -0.2) is 10.1 Å². The topological polar surface area (TPSA) is 63.3 Å². The Bertz CT molecular complexity index is 1160. The quantitative estimate of drug-likeness (QED) is 0.474. The van der Waals surface area contributed by atoms with Gasteiger partial charge in [-0.15, -0.1) is 11.3 Å². The number of hydrogen-bond donors (Lipinski definition) is 1. The van der Waals surface area contributed by atoms with Gasteiger partial charge in [-0.1, -0.05) is 30.7 Å². The Balaban J connectivity index is 1.87. The molecule has 4 rings (SSSR count). The van der Waals surface area contributed by atoms with E-state index in [-0.39, 0.29) is 5.75 Å². The summed E-state index contributed by atoms with van der Waals surface area (Å²) in [6, 6.07) is 14.0. The molecule has 2 aromatic heterocycles. The molecule has 0 unspecified atom stereocenters. The largest absolute Gasteiger partial charge is 0.508 e. The van der Waals surface area contributed by atoms with Crippen molar-refractivity contribution in [3.05, 3.63) is 68.9 Å². The average Bonchev–Trinajstić information content (AvgIpc) is 3.05. The SMILES string of the molecule is CCc1sc(-c2cc3ccc(O)cc3oc2=O)nc1-c1ccc(Cl)cc1. The Labute approximate surface area is 158 Å². The summed E-state index contributed by atoms with van der Waals surface area (Å²) in [4.78, 5) is 18.2. The van der Waals surface area contributed by atoms with Crippen LogP contribution in [0, 0.1) is 0 Å². The summed E-state index contributed by atoms with van der Waals surface area (Å²) in [7, 11) is 0. The smallest absolute Gasteiger partial charge is 0.346 e. The summed E-state index contributed by atoms with van der Waals surface area (Å²) in [5, 5.41) is 11.6. The van der Waals surface area contributed by atoms with Crippen LogP contribution in [0.1, 0.15) is 11.8 Å². The number of benzene rings is 2. The zero-order chi connectivity index (χ0) is 18.3. The van der Waals surface area contributed by atoms with Gasteiger partial charge in [-0.05, 0) is 36.8 Å². The Morgan fingerprint density at radius 1 is 1.15 bits per heavy atom. The van der Waals surface area contributed by atoms with Crippen molar-refractivity contribution < 1.29 is 9.52 Å². The monoisotopic (exact) mass is 383 g/mol. The fourth-order valence-electron chi connectivity index (χ4n) is 2.79. The molecule has 2 aromatic carbocycles. The van der Waals surface area contributed by atoms with Gasteiger partial charge in [0.1, 0.15) is 16.3 Å². The molecule has 0 atom stereocenters. The molecule has 0 aliphatic rings. The molecule has 0 spiro atoms. The van der Waals surface area contributed by atoms with Gasteiger partial charge in [-0.3, -0.25) is 0 Å². The van der Waals surface area contributed by atoms with Crippen molar-refractivity contribution >= 4 is 33.9 Å². The van der Waals surface area contributed by atoms with Gasteiger partial charge < -0.3 is 9.52 Å². The summed E-state index contributed by atoms with van der Waals surface area (Å²) in [6.45, 7) is 2.06. The van der Waals surface area contributed by atoms with E-state index in [1.54, 1.807) is 18.2 Å². The number of hydrogen-bond acceptors (Lipinski definition) is 5. The minimum atomic E-state index is -0.470. The molecule has 0 amide bonds. The first-order valence-electron chi connectivity index (χ1n) is 8.08. The van der Waals surface area contributed by atoms with Crippen molar-refractivity contribution in [2.24, 2.45) is 0 Å². The summed E-state index contributed by atoms with van der Waals surface area (Å²) >= 11 is 7.46. The first-order chi connectivity index (χ1) is 12.5. The molecule has 0 saturated heterocycles. The van der Waals surface area contributed by atoms with Crippen LogP contribution in [0.4, 0.5) is 0 Å². The van der Waals surface area contributed by atoms with E-state index in [1.807, 2.05) is 24.3 Å². The molecule has 0 fully saturated rings. The van der Waals surface area contributed by atoms with Gasteiger partial charge in [0.25, 0.3) is 0 Å². The molecule has 2 heterocycles. The number of thiazole rings is 1. The van der Waals surface area contributed by atoms with E-state index < -0.39 is 5.63 Å². The molecule has 4 nitrogen and oxygen atoms in total. The minimum Gasteiger partial charge on any atom is -0.508 e. The third-order valence-corrected chi connectivity index (χ3v) is 5.57. The lowest BCUT2D eigenvalue weighted by molar-refractivity contribution is 0.473. The number of fused-ring (bicyclic) bond motifs is 1. The van der Waals surface area contributed by atoms with E-state index in [1.165, 1.54) is 17.4 Å². The number of halogens is 1. The molecule has 0 radical (unpaired) electrons. The maximum absolute atomic E-state index is 12.4. The standard InChI is InChI=1S/C20H14ClNO3S/c1-2-17-18(11-3-6-13(21)7-4-11)22-19(26-17)15-9-12-5-8-14(23)10-16(12)25-20(15)24/h3-10,23H,2H2,1H3. The van der Waals surface area contributed by atoms with Gasteiger partial charge in [0.05, 0.1) is 11.3 Å². The molecule has 4 aromatic rings. The van der Waals surface area contributed by atoms with Crippen molar-refractivity contribution in [2.45, 2.75) is 13.3 Å². The number of rotatable bonds is 3. The Morgan fingerprint density at radius 2 is 1.92 bits per heavy atom. The minimum absolute atomic E-state index is 0.0564. The maximum atomic E-state index is 12.4. The second-order valence-electron chi connectivity index (χ2n) is 5.82. The van der Waals surface area contributed by atoms with Crippen LogP contribution in [0.5, 0.6) is 5.75 Å². The number of phenols is 1. The van der Waals surface area contributed by atoms with Crippen molar-refractivity contribution in [2.75, 3.05) is 0 Å². The van der Waals surface area contributed by atoms with Crippen molar-refractivity contribution in [3.8, 4) is 27.6 Å². The van der Waals surface area contributed by atoms with E-state index in [0.717, 1.165) is 27.9 Å². The Hall–Kier alpha value is -2.63. The molecule has 0 saturated carbocycles. The van der Waals surface area contributed by atoms with Gasteiger partial charge >= 0.3 is 5.63 Å². The third-order valence-electron chi connectivity index (χ3n) is 4.09. The number of phenolic OH excluding ortho intramolecular Hbond substituents is 1. The lowest BCUT2D eigenvalue weighted by Crippen LogP contribution is -2.02. The highest BCUT2D eigenvalue weighted by Gasteiger charge is 2.17. The summed E-state index contributed by atoms with van der Waals surface area (Å²) < 4.78 is 5.37.